The Labute approximate surface area is 159 Å². The smallest absolute Gasteiger partial charge is 0.339 e. The van der Waals surface area contributed by atoms with E-state index in [1.807, 2.05) is 0 Å². The third-order valence-electron chi connectivity index (χ3n) is 3.57. The highest BCUT2D eigenvalue weighted by Crippen LogP contribution is 2.25. The Bertz CT molecular complexity index is 1020. The van der Waals surface area contributed by atoms with Crippen LogP contribution in [-0.4, -0.2) is 37.5 Å². The van der Waals surface area contributed by atoms with Gasteiger partial charge in [-0.3, -0.25) is 14.9 Å². The molecule has 0 saturated carbocycles. The summed E-state index contributed by atoms with van der Waals surface area (Å²) in [6, 6.07) is 8.81. The van der Waals surface area contributed by atoms with Crippen molar-refractivity contribution in [3.05, 3.63) is 68.7 Å². The summed E-state index contributed by atoms with van der Waals surface area (Å²) in [5.74, 6) is -1.48. The first-order valence-corrected chi connectivity index (χ1v) is 9.77. The number of rotatable bonds is 6. The van der Waals surface area contributed by atoms with Crippen molar-refractivity contribution in [2.45, 2.75) is 17.9 Å². The van der Waals surface area contributed by atoms with Gasteiger partial charge in [-0.1, -0.05) is 11.6 Å². The molecule has 0 aliphatic heterocycles. The number of esters is 1. The molecule has 0 aliphatic rings. The zero-order valence-electron chi connectivity index (χ0n) is 14.2. The second-order valence-electron chi connectivity index (χ2n) is 5.63. The van der Waals surface area contributed by atoms with E-state index in [1.165, 1.54) is 31.2 Å². The van der Waals surface area contributed by atoms with Crippen molar-refractivity contribution in [3.8, 4) is 0 Å². The zero-order chi connectivity index (χ0) is 20.4. The highest BCUT2D eigenvalue weighted by molar-refractivity contribution is 7.90. The van der Waals surface area contributed by atoms with E-state index in [4.69, 9.17) is 16.3 Å². The number of carbonyl (C=O) groups is 2. The topological polar surface area (TPSA) is 121 Å². The number of ether oxygens (including phenoxy) is 1. The summed E-state index contributed by atoms with van der Waals surface area (Å²) in [5.41, 5.74) is -0.716. The van der Waals surface area contributed by atoms with Gasteiger partial charge in [-0.05, 0) is 43.3 Å². The van der Waals surface area contributed by atoms with Crippen LogP contribution in [0, 0.1) is 10.1 Å². The first-order chi connectivity index (χ1) is 12.5. The Morgan fingerprint density at radius 1 is 1.11 bits per heavy atom. The zero-order valence-corrected chi connectivity index (χ0v) is 15.8. The molecule has 0 amide bonds. The number of hydrogen-bond donors (Lipinski definition) is 0. The number of Topliss-reactive ketones (excluding diaryl/α,β-unsaturated/α-hetero) is 1. The lowest BCUT2D eigenvalue weighted by molar-refractivity contribution is -0.387. The average molecular weight is 412 g/mol. The van der Waals surface area contributed by atoms with E-state index in [1.54, 1.807) is 0 Å². The molecule has 0 radical (unpaired) electrons. The lowest BCUT2D eigenvalue weighted by Gasteiger charge is -2.12. The van der Waals surface area contributed by atoms with E-state index < -0.39 is 43.2 Å². The summed E-state index contributed by atoms with van der Waals surface area (Å²) < 4.78 is 28.3. The summed E-state index contributed by atoms with van der Waals surface area (Å²) in [5, 5.41) is 11.5. The number of halogens is 1. The van der Waals surface area contributed by atoms with E-state index in [9.17, 15) is 28.1 Å². The predicted octanol–water partition coefficient (Wildman–Crippen LogP) is 3.08. The maximum Gasteiger partial charge on any atom is 0.339 e. The van der Waals surface area contributed by atoms with Crippen LogP contribution < -0.4 is 0 Å². The number of benzene rings is 2. The molecule has 0 N–H and O–H groups in total. The molecule has 2 aromatic rings. The van der Waals surface area contributed by atoms with Crippen LogP contribution in [-0.2, 0) is 14.6 Å². The van der Waals surface area contributed by atoms with Gasteiger partial charge in [0.1, 0.15) is 4.90 Å². The molecule has 2 aromatic carbocycles. The van der Waals surface area contributed by atoms with Crippen LogP contribution in [0.25, 0.3) is 0 Å². The summed E-state index contributed by atoms with van der Waals surface area (Å²) in [7, 11) is -3.86. The van der Waals surface area contributed by atoms with Crippen LogP contribution >= 0.6 is 11.6 Å². The fourth-order valence-corrected chi connectivity index (χ4v) is 3.19. The van der Waals surface area contributed by atoms with Gasteiger partial charge in [-0.15, -0.1) is 0 Å². The number of nitrogens with zero attached hydrogens (tertiary/aromatic N) is 1. The van der Waals surface area contributed by atoms with Crippen LogP contribution in [0.2, 0.25) is 5.02 Å². The van der Waals surface area contributed by atoms with E-state index in [2.05, 4.69) is 0 Å². The molecule has 0 fully saturated rings. The molecule has 0 aliphatic carbocycles. The number of ketones is 1. The van der Waals surface area contributed by atoms with Gasteiger partial charge in [0.25, 0.3) is 5.69 Å². The number of hydrogen-bond acceptors (Lipinski definition) is 7. The predicted molar refractivity (Wildman–Crippen MR) is 96.9 cm³/mol. The minimum atomic E-state index is -3.86. The van der Waals surface area contributed by atoms with Crippen LogP contribution in [0.3, 0.4) is 0 Å². The Hall–Kier alpha value is -2.78. The molecule has 0 aromatic heterocycles. The molecule has 0 bridgehead atoms. The van der Waals surface area contributed by atoms with Crippen LogP contribution in [0.1, 0.15) is 27.6 Å². The first kappa shape index (κ1) is 20.5. The van der Waals surface area contributed by atoms with Gasteiger partial charge in [0.05, 0.1) is 10.5 Å². The second kappa shape index (κ2) is 7.85. The molecular formula is C17H14ClNO7S. The Balaban J connectivity index is 2.25. The van der Waals surface area contributed by atoms with Crippen molar-refractivity contribution >= 4 is 38.9 Å². The van der Waals surface area contributed by atoms with E-state index >= 15 is 0 Å². The number of nitro benzene ring substituents is 1. The van der Waals surface area contributed by atoms with Crippen molar-refractivity contribution in [3.63, 3.8) is 0 Å². The first-order valence-electron chi connectivity index (χ1n) is 7.50. The molecule has 0 saturated heterocycles. The van der Waals surface area contributed by atoms with Crippen LogP contribution in [0.4, 0.5) is 5.69 Å². The van der Waals surface area contributed by atoms with Crippen LogP contribution in [0.5, 0.6) is 0 Å². The molecule has 0 unspecified atom stereocenters. The summed E-state index contributed by atoms with van der Waals surface area (Å²) in [4.78, 5) is 34.2. The Morgan fingerprint density at radius 2 is 1.67 bits per heavy atom. The maximum atomic E-state index is 12.3. The average Bonchev–Trinajstić information content (AvgIpc) is 2.60. The largest absolute Gasteiger partial charge is 0.451 e. The van der Waals surface area contributed by atoms with E-state index in [0.717, 1.165) is 24.5 Å². The molecule has 2 rings (SSSR count). The molecule has 0 heterocycles. The van der Waals surface area contributed by atoms with Crippen molar-refractivity contribution in [2.75, 3.05) is 6.26 Å². The van der Waals surface area contributed by atoms with Crippen molar-refractivity contribution < 1.29 is 27.7 Å². The summed E-state index contributed by atoms with van der Waals surface area (Å²) >= 11 is 5.75. The molecule has 27 heavy (non-hydrogen) atoms. The number of nitro groups is 1. The second-order valence-corrected chi connectivity index (χ2v) is 8.05. The number of carbonyl (C=O) groups excluding carboxylic acids is 2. The molecule has 10 heteroatoms. The monoisotopic (exact) mass is 411 g/mol. The SMILES string of the molecule is C[C@@H](OC(=O)c1ccc(S(C)(=O)=O)c([N+](=O)[O-])c1)C(=O)c1ccc(Cl)cc1. The van der Waals surface area contributed by atoms with E-state index in [-0.39, 0.29) is 11.1 Å². The maximum absolute atomic E-state index is 12.3. The summed E-state index contributed by atoms with van der Waals surface area (Å²) in [6.45, 7) is 1.36. The highest BCUT2D eigenvalue weighted by atomic mass is 35.5. The van der Waals surface area contributed by atoms with Gasteiger partial charge in [-0.2, -0.15) is 0 Å². The molecule has 1 atom stereocenters. The molecule has 142 valence electrons. The molecule has 8 nitrogen and oxygen atoms in total. The van der Waals surface area contributed by atoms with Gasteiger partial charge in [0.15, 0.2) is 15.9 Å². The minimum absolute atomic E-state index is 0.246. The highest BCUT2D eigenvalue weighted by Gasteiger charge is 2.26. The lowest BCUT2D eigenvalue weighted by atomic mass is 10.1. The molecule has 0 spiro atoms. The van der Waals surface area contributed by atoms with Crippen molar-refractivity contribution in [1.29, 1.82) is 0 Å². The third-order valence-corrected chi connectivity index (χ3v) is 4.97. The quantitative estimate of drug-likeness (QED) is 0.310. The van der Waals surface area contributed by atoms with Gasteiger partial charge in [0.2, 0.25) is 5.78 Å². The fourth-order valence-electron chi connectivity index (χ4n) is 2.23. The van der Waals surface area contributed by atoms with Crippen molar-refractivity contribution in [2.24, 2.45) is 0 Å². The van der Waals surface area contributed by atoms with Gasteiger partial charge < -0.3 is 4.74 Å². The van der Waals surface area contributed by atoms with Gasteiger partial charge >= 0.3 is 5.97 Å². The standard InChI is InChI=1S/C17H14ClNO7S/c1-10(16(20)11-3-6-13(18)7-4-11)26-17(21)12-5-8-15(27(2,24)25)14(9-12)19(22)23/h3-10H,1-2H3/t10-/m1/s1. The fraction of sp³-hybridized carbons (Fsp3) is 0.176. The summed E-state index contributed by atoms with van der Waals surface area (Å²) in [6.07, 6.45) is -0.340. The third kappa shape index (κ3) is 4.89. The lowest BCUT2D eigenvalue weighted by Crippen LogP contribution is -2.24. The van der Waals surface area contributed by atoms with Gasteiger partial charge in [0, 0.05) is 22.9 Å². The van der Waals surface area contributed by atoms with E-state index in [0.29, 0.717) is 5.02 Å². The van der Waals surface area contributed by atoms with Gasteiger partial charge in [-0.25, -0.2) is 13.2 Å². The van der Waals surface area contributed by atoms with Crippen LogP contribution in [0.15, 0.2) is 47.4 Å². The van der Waals surface area contributed by atoms with Crippen molar-refractivity contribution in [1.82, 2.24) is 0 Å². The molecular weight excluding hydrogens is 398 g/mol. The Morgan fingerprint density at radius 3 is 2.19 bits per heavy atom. The number of sulfone groups is 1. The normalized spacial score (nSPS) is 12.3. The minimum Gasteiger partial charge on any atom is -0.451 e. The Kier molecular flexibility index (Phi) is 5.97.